The molecular weight excluding hydrogens is 805 g/mol. The van der Waals surface area contributed by atoms with Gasteiger partial charge in [-0.2, -0.15) is 0 Å². The number of nitrogens with zero attached hydrogens (tertiary/aromatic N) is 2. The summed E-state index contributed by atoms with van der Waals surface area (Å²) in [6.07, 6.45) is -1.10. The van der Waals surface area contributed by atoms with Crippen molar-refractivity contribution in [2.24, 2.45) is 11.3 Å². The quantitative estimate of drug-likeness (QED) is 0.0685. The van der Waals surface area contributed by atoms with Gasteiger partial charge in [-0.15, -0.1) is 11.3 Å². The van der Waals surface area contributed by atoms with E-state index in [1.165, 1.54) is 18.4 Å². The second-order valence-electron chi connectivity index (χ2n) is 15.9. The smallest absolute Gasteiger partial charge is 0.407 e. The van der Waals surface area contributed by atoms with Crippen molar-refractivity contribution in [1.82, 2.24) is 31.4 Å². The van der Waals surface area contributed by atoms with Crippen molar-refractivity contribution in [1.29, 1.82) is 0 Å². The highest BCUT2D eigenvalue weighted by Gasteiger charge is 2.44. The molecule has 326 valence electrons. The van der Waals surface area contributed by atoms with Crippen LogP contribution in [0.15, 0.2) is 90.4 Å². The van der Waals surface area contributed by atoms with E-state index in [1.54, 1.807) is 29.4 Å². The van der Waals surface area contributed by atoms with Crippen molar-refractivity contribution in [3.05, 3.63) is 106 Å². The van der Waals surface area contributed by atoms with Gasteiger partial charge in [0.05, 0.1) is 55.5 Å². The largest absolute Gasteiger partial charge is 0.492 e. The van der Waals surface area contributed by atoms with Crippen LogP contribution in [0.2, 0.25) is 0 Å². The number of fused-ring (bicyclic) bond motifs is 1. The van der Waals surface area contributed by atoms with Crippen molar-refractivity contribution >= 4 is 35.3 Å². The fourth-order valence-electron chi connectivity index (χ4n) is 7.07. The Balaban J connectivity index is 1.18. The number of aliphatic hydroxyl groups is 1. The first-order chi connectivity index (χ1) is 29.4. The number of aliphatic hydroxyl groups excluding tert-OH is 1. The Bertz CT molecular complexity index is 2030. The van der Waals surface area contributed by atoms with E-state index in [9.17, 15) is 24.3 Å². The molecule has 2 saturated heterocycles. The molecule has 0 radical (unpaired) electrons. The average Bonchev–Trinajstić information content (AvgIpc) is 4.03. The lowest BCUT2D eigenvalue weighted by Gasteiger charge is -2.34. The number of aromatic nitrogens is 1. The Morgan fingerprint density at radius 1 is 0.951 bits per heavy atom. The number of benzene rings is 2. The summed E-state index contributed by atoms with van der Waals surface area (Å²) in [5.41, 5.74) is 5.48. The SMILES string of the molecule is COC(=O)NC(C(=O)NN(Cc1ccc(-c2ccccn2)cc1)CC(O)C(Cc1ccc(OCCNC(=O)c2cccs2)cc1)NC(=O)OC1COC2OCCC12)C(C)(C)C. The number of hydrogen-bond donors (Lipinski definition) is 5. The number of hydrazine groups is 1. The van der Waals surface area contributed by atoms with Crippen LogP contribution in [0.3, 0.4) is 0 Å². The number of carbonyl (C=O) groups excluding carboxylic acids is 4. The molecule has 2 aliphatic heterocycles. The van der Waals surface area contributed by atoms with Gasteiger partial charge in [0.25, 0.3) is 11.8 Å². The van der Waals surface area contributed by atoms with Gasteiger partial charge in [0.15, 0.2) is 6.29 Å². The van der Waals surface area contributed by atoms with Crippen LogP contribution in [-0.4, -0.2) is 110 Å². The Kier molecular flexibility index (Phi) is 15.7. The normalized spacial score (nSPS) is 18.6. The monoisotopic (exact) mass is 858 g/mol. The summed E-state index contributed by atoms with van der Waals surface area (Å²) >= 11 is 1.36. The van der Waals surface area contributed by atoms with E-state index in [-0.39, 0.29) is 44.5 Å². The molecule has 5 N–H and O–H groups in total. The zero-order valence-electron chi connectivity index (χ0n) is 34.7. The van der Waals surface area contributed by atoms with Gasteiger partial charge in [-0.3, -0.25) is 20.0 Å². The summed E-state index contributed by atoms with van der Waals surface area (Å²) < 4.78 is 27.8. The van der Waals surface area contributed by atoms with Crippen LogP contribution < -0.4 is 26.1 Å². The molecule has 2 fully saturated rings. The number of rotatable bonds is 18. The van der Waals surface area contributed by atoms with Gasteiger partial charge < -0.3 is 44.7 Å². The number of nitrogens with one attached hydrogen (secondary N) is 4. The van der Waals surface area contributed by atoms with Gasteiger partial charge in [-0.25, -0.2) is 14.6 Å². The first-order valence-electron chi connectivity index (χ1n) is 20.2. The van der Waals surface area contributed by atoms with Crippen LogP contribution in [0, 0.1) is 11.3 Å². The second-order valence-corrected chi connectivity index (χ2v) is 16.9. The fraction of sp³-hybridized carbons (Fsp3) is 0.432. The lowest BCUT2D eigenvalue weighted by molar-refractivity contribution is -0.131. The van der Waals surface area contributed by atoms with Gasteiger partial charge in [0, 0.05) is 24.8 Å². The van der Waals surface area contributed by atoms with Gasteiger partial charge in [0.1, 0.15) is 24.5 Å². The van der Waals surface area contributed by atoms with Gasteiger partial charge in [-0.1, -0.05) is 69.3 Å². The zero-order valence-corrected chi connectivity index (χ0v) is 35.5. The molecule has 0 bridgehead atoms. The fourth-order valence-corrected chi connectivity index (χ4v) is 7.71. The maximum absolute atomic E-state index is 13.9. The standard InChI is InChI=1S/C44H54N6O10S/c1-44(2,3)38(48-42(54)56-4)40(53)49-50(25-29-10-14-30(15-11-29)33-8-5-6-19-45-33)26-35(51)34(47-43(55)60-36-27-59-41-32(36)18-21-58-41)24-28-12-16-31(17-13-28)57-22-20-46-39(52)37-9-7-23-61-37/h5-17,19,23,32,34-36,38,41,51H,18,20-22,24-27H2,1-4H3,(H,46,52)(H,47,55)(H,48,54)(H,49,53). The van der Waals surface area contributed by atoms with E-state index in [2.05, 4.69) is 26.4 Å². The van der Waals surface area contributed by atoms with Crippen molar-refractivity contribution < 1.29 is 48.0 Å². The lowest BCUT2D eigenvalue weighted by Crippen LogP contribution is -2.59. The molecule has 17 heteroatoms. The molecule has 6 unspecified atom stereocenters. The van der Waals surface area contributed by atoms with Gasteiger partial charge in [0.2, 0.25) is 0 Å². The number of hydrogen-bond acceptors (Lipinski definition) is 13. The third-order valence-electron chi connectivity index (χ3n) is 10.3. The summed E-state index contributed by atoms with van der Waals surface area (Å²) in [5, 5.41) is 23.8. The lowest BCUT2D eigenvalue weighted by atomic mass is 9.86. The predicted octanol–water partition coefficient (Wildman–Crippen LogP) is 4.68. The summed E-state index contributed by atoms with van der Waals surface area (Å²) in [7, 11) is 1.22. The first-order valence-corrected chi connectivity index (χ1v) is 21.1. The van der Waals surface area contributed by atoms with E-state index in [0.29, 0.717) is 30.2 Å². The average molecular weight is 859 g/mol. The Morgan fingerprint density at radius 3 is 2.41 bits per heavy atom. The van der Waals surface area contributed by atoms with E-state index < -0.39 is 54.1 Å². The molecule has 6 rings (SSSR count). The summed E-state index contributed by atoms with van der Waals surface area (Å²) in [4.78, 5) is 57.1. The number of methoxy groups -OCH3 is 1. The molecule has 4 aromatic rings. The third kappa shape index (κ3) is 13.0. The summed E-state index contributed by atoms with van der Waals surface area (Å²) in [5.74, 6) is -0.208. The molecule has 16 nitrogen and oxygen atoms in total. The first kappa shape index (κ1) is 44.9. The van der Waals surface area contributed by atoms with Gasteiger partial charge >= 0.3 is 12.2 Å². The van der Waals surface area contributed by atoms with Crippen LogP contribution in [0.4, 0.5) is 9.59 Å². The molecule has 6 atom stereocenters. The maximum Gasteiger partial charge on any atom is 0.407 e. The van der Waals surface area contributed by atoms with Crippen LogP contribution in [0.5, 0.6) is 5.75 Å². The van der Waals surface area contributed by atoms with Crippen molar-refractivity contribution in [2.75, 3.05) is 40.0 Å². The van der Waals surface area contributed by atoms with E-state index in [1.807, 2.05) is 86.8 Å². The molecular formula is C44H54N6O10S. The molecule has 2 aliphatic rings. The summed E-state index contributed by atoms with van der Waals surface area (Å²) in [6, 6.07) is 22.2. The number of ether oxygens (including phenoxy) is 5. The minimum Gasteiger partial charge on any atom is -0.492 e. The van der Waals surface area contributed by atoms with Crippen LogP contribution in [0.25, 0.3) is 11.3 Å². The highest BCUT2D eigenvalue weighted by atomic mass is 32.1. The van der Waals surface area contributed by atoms with E-state index in [4.69, 9.17) is 23.7 Å². The summed E-state index contributed by atoms with van der Waals surface area (Å²) in [6.45, 7) is 6.72. The molecule has 2 aromatic carbocycles. The Hall–Kier alpha value is -5.59. The van der Waals surface area contributed by atoms with E-state index in [0.717, 1.165) is 22.4 Å². The molecule has 2 aromatic heterocycles. The molecule has 0 aliphatic carbocycles. The molecule has 4 amide bonds. The highest BCUT2D eigenvalue weighted by molar-refractivity contribution is 7.12. The Labute approximate surface area is 359 Å². The maximum atomic E-state index is 13.9. The number of pyridine rings is 1. The molecule has 0 saturated carbocycles. The van der Waals surface area contributed by atoms with Crippen molar-refractivity contribution in [3.8, 4) is 17.0 Å². The minimum atomic E-state index is -1.26. The zero-order chi connectivity index (χ0) is 43.4. The van der Waals surface area contributed by atoms with Crippen molar-refractivity contribution in [3.63, 3.8) is 0 Å². The van der Waals surface area contributed by atoms with Gasteiger partial charge in [-0.05, 0) is 65.1 Å². The van der Waals surface area contributed by atoms with Crippen molar-refractivity contribution in [2.45, 2.75) is 70.7 Å². The van der Waals surface area contributed by atoms with Crippen LogP contribution >= 0.6 is 11.3 Å². The second kappa shape index (κ2) is 21.3. The molecule has 61 heavy (non-hydrogen) atoms. The van der Waals surface area contributed by atoms with E-state index >= 15 is 0 Å². The number of thiophene rings is 1. The number of alkyl carbamates (subject to hydrolysis) is 2. The number of carbonyl (C=O) groups is 4. The molecule has 0 spiro atoms. The highest BCUT2D eigenvalue weighted by Crippen LogP contribution is 2.33. The topological polar surface area (TPSA) is 199 Å². The third-order valence-corrected chi connectivity index (χ3v) is 11.2. The predicted molar refractivity (Wildman–Crippen MR) is 226 cm³/mol. The van der Waals surface area contributed by atoms with Crippen LogP contribution in [-0.2, 0) is 36.7 Å². The number of amides is 4. The molecule has 4 heterocycles. The van der Waals surface area contributed by atoms with Crippen LogP contribution in [0.1, 0.15) is 48.0 Å². The minimum absolute atomic E-state index is 0.0881. The Morgan fingerprint density at radius 2 is 1.72 bits per heavy atom.